The molecule has 0 spiro atoms. The van der Waals surface area contributed by atoms with Gasteiger partial charge in [-0.05, 0) is 36.2 Å². The van der Waals surface area contributed by atoms with E-state index in [1.165, 1.54) is 19.3 Å². The topological polar surface area (TPSA) is 60.4 Å². The van der Waals surface area contributed by atoms with Gasteiger partial charge in [-0.15, -0.1) is 0 Å². The molecule has 1 aromatic heterocycles. The maximum Gasteiger partial charge on any atom is 0.269 e. The number of unbranched alkanes of at least 4 members (excludes halogenated alkanes) is 3. The molecule has 3 aromatic rings. The summed E-state index contributed by atoms with van der Waals surface area (Å²) in [6, 6.07) is 16.6. The lowest BCUT2D eigenvalue weighted by Crippen LogP contribution is -2.13. The summed E-state index contributed by atoms with van der Waals surface area (Å²) in [4.78, 5) is 17.3. The summed E-state index contributed by atoms with van der Waals surface area (Å²) in [6.07, 6.45) is 6.89. The molecular formula is C21H23N3O2S. The Morgan fingerprint density at radius 3 is 2.44 bits per heavy atom. The number of nitro benzene ring substituents is 1. The lowest BCUT2D eigenvalue weighted by molar-refractivity contribution is -0.384. The molecule has 0 amide bonds. The predicted molar refractivity (Wildman–Crippen MR) is 110 cm³/mol. The van der Waals surface area contributed by atoms with E-state index < -0.39 is 0 Å². The summed E-state index contributed by atoms with van der Waals surface area (Å²) in [7, 11) is 0. The maximum absolute atomic E-state index is 10.9. The van der Waals surface area contributed by atoms with Crippen molar-refractivity contribution < 1.29 is 4.92 Å². The van der Waals surface area contributed by atoms with Crippen molar-refractivity contribution in [1.29, 1.82) is 0 Å². The van der Waals surface area contributed by atoms with Gasteiger partial charge in [0.1, 0.15) is 0 Å². The Morgan fingerprint density at radius 1 is 1.04 bits per heavy atom. The monoisotopic (exact) mass is 381 g/mol. The van der Waals surface area contributed by atoms with Gasteiger partial charge >= 0.3 is 0 Å². The molecule has 0 aliphatic heterocycles. The lowest BCUT2D eigenvalue weighted by Gasteiger charge is -2.02. The van der Waals surface area contributed by atoms with Crippen LogP contribution in [-0.4, -0.2) is 9.49 Å². The van der Waals surface area contributed by atoms with Crippen LogP contribution in [0.1, 0.15) is 32.6 Å². The summed E-state index contributed by atoms with van der Waals surface area (Å²) in [5, 5.41) is 10.9. The number of rotatable bonds is 8. The zero-order valence-corrected chi connectivity index (χ0v) is 16.2. The number of aromatic nitrogens is 1. The van der Waals surface area contributed by atoms with E-state index in [1.807, 2.05) is 30.3 Å². The zero-order chi connectivity index (χ0) is 19.1. The second-order valence-electron chi connectivity index (χ2n) is 6.38. The summed E-state index contributed by atoms with van der Waals surface area (Å²) >= 11 is 1.61. The molecule has 140 valence electrons. The van der Waals surface area contributed by atoms with E-state index in [2.05, 4.69) is 17.7 Å². The number of para-hydroxylation sites is 1. The van der Waals surface area contributed by atoms with E-state index in [-0.39, 0.29) is 10.6 Å². The van der Waals surface area contributed by atoms with E-state index in [0.29, 0.717) is 0 Å². The van der Waals surface area contributed by atoms with Gasteiger partial charge < -0.3 is 4.57 Å². The molecule has 6 heteroatoms. The number of hydrogen-bond donors (Lipinski definition) is 0. The van der Waals surface area contributed by atoms with Crippen molar-refractivity contribution in [2.24, 2.45) is 4.99 Å². The molecule has 0 atom stereocenters. The first-order valence-corrected chi connectivity index (χ1v) is 10.0. The number of benzene rings is 2. The SMILES string of the molecule is CCCCCCn1cc(-c2ccc([N+](=O)[O-])cc2)sc1=Nc1ccccc1. The predicted octanol–water partition coefficient (Wildman–Crippen LogP) is 5.94. The molecule has 0 N–H and O–H groups in total. The van der Waals surface area contributed by atoms with Gasteiger partial charge in [0.2, 0.25) is 0 Å². The first-order chi connectivity index (χ1) is 13.2. The van der Waals surface area contributed by atoms with Gasteiger partial charge in [-0.1, -0.05) is 55.7 Å². The third kappa shape index (κ3) is 5.14. The van der Waals surface area contributed by atoms with E-state index in [1.54, 1.807) is 35.6 Å². The van der Waals surface area contributed by atoms with E-state index >= 15 is 0 Å². The number of aryl methyl sites for hydroxylation is 1. The summed E-state index contributed by atoms with van der Waals surface area (Å²) < 4.78 is 2.20. The van der Waals surface area contributed by atoms with E-state index in [4.69, 9.17) is 4.99 Å². The number of nitrogens with zero attached hydrogens (tertiary/aromatic N) is 3. The second-order valence-corrected chi connectivity index (χ2v) is 7.39. The van der Waals surface area contributed by atoms with Gasteiger partial charge in [-0.2, -0.15) is 0 Å². The lowest BCUT2D eigenvalue weighted by atomic mass is 10.2. The van der Waals surface area contributed by atoms with Crippen molar-refractivity contribution >= 4 is 22.7 Å². The molecule has 0 saturated heterocycles. The fourth-order valence-electron chi connectivity index (χ4n) is 2.83. The van der Waals surface area contributed by atoms with Crippen molar-refractivity contribution in [1.82, 2.24) is 4.57 Å². The Bertz CT molecular complexity index is 944. The quantitative estimate of drug-likeness (QED) is 0.275. The first kappa shape index (κ1) is 19.0. The van der Waals surface area contributed by atoms with Gasteiger partial charge in [0.15, 0.2) is 4.80 Å². The highest BCUT2D eigenvalue weighted by atomic mass is 32.1. The van der Waals surface area contributed by atoms with Gasteiger partial charge in [-0.3, -0.25) is 10.1 Å². The van der Waals surface area contributed by atoms with Crippen molar-refractivity contribution in [3.05, 3.63) is 75.7 Å². The minimum Gasteiger partial charge on any atom is -0.323 e. The Morgan fingerprint density at radius 2 is 1.78 bits per heavy atom. The molecule has 0 saturated carbocycles. The Labute approximate surface area is 162 Å². The smallest absolute Gasteiger partial charge is 0.269 e. The van der Waals surface area contributed by atoms with E-state index in [9.17, 15) is 10.1 Å². The highest BCUT2D eigenvalue weighted by Crippen LogP contribution is 2.25. The summed E-state index contributed by atoms with van der Waals surface area (Å²) in [6.45, 7) is 3.13. The van der Waals surface area contributed by atoms with Crippen LogP contribution in [0.3, 0.4) is 0 Å². The standard InChI is InChI=1S/C21H23N3O2S/c1-2-3-4-8-15-23-16-20(17-11-13-19(14-12-17)24(25)26)27-21(23)22-18-9-6-5-7-10-18/h5-7,9-14,16H,2-4,8,15H2,1H3. The fraction of sp³-hybridized carbons (Fsp3) is 0.286. The average Bonchev–Trinajstić information content (AvgIpc) is 3.09. The molecular weight excluding hydrogens is 358 g/mol. The highest BCUT2D eigenvalue weighted by molar-refractivity contribution is 7.12. The van der Waals surface area contributed by atoms with Crippen LogP contribution in [0.2, 0.25) is 0 Å². The van der Waals surface area contributed by atoms with Crippen molar-refractivity contribution in [2.75, 3.05) is 0 Å². The number of non-ortho nitro benzene ring substituents is 1. The van der Waals surface area contributed by atoms with Crippen LogP contribution in [-0.2, 0) is 6.54 Å². The van der Waals surface area contributed by atoms with Gasteiger partial charge in [0, 0.05) is 24.9 Å². The van der Waals surface area contributed by atoms with Gasteiger partial charge in [-0.25, -0.2) is 4.99 Å². The molecule has 0 fully saturated rings. The van der Waals surface area contributed by atoms with Crippen LogP contribution in [0.15, 0.2) is 65.8 Å². The molecule has 3 rings (SSSR count). The van der Waals surface area contributed by atoms with Crippen LogP contribution < -0.4 is 4.80 Å². The Hall–Kier alpha value is -2.73. The average molecular weight is 382 g/mol. The largest absolute Gasteiger partial charge is 0.323 e. The van der Waals surface area contributed by atoms with Gasteiger partial charge in [0.25, 0.3) is 5.69 Å². The van der Waals surface area contributed by atoms with Crippen LogP contribution in [0.5, 0.6) is 0 Å². The number of hydrogen-bond acceptors (Lipinski definition) is 4. The maximum atomic E-state index is 10.9. The molecule has 0 aliphatic carbocycles. The summed E-state index contributed by atoms with van der Waals surface area (Å²) in [5.74, 6) is 0. The van der Waals surface area contributed by atoms with Crippen molar-refractivity contribution in [3.63, 3.8) is 0 Å². The third-order valence-corrected chi connectivity index (χ3v) is 5.39. The molecule has 5 nitrogen and oxygen atoms in total. The normalized spacial score (nSPS) is 11.7. The first-order valence-electron chi connectivity index (χ1n) is 9.22. The highest BCUT2D eigenvalue weighted by Gasteiger charge is 2.09. The van der Waals surface area contributed by atoms with Gasteiger partial charge in [0.05, 0.1) is 15.5 Å². The Balaban J connectivity index is 1.93. The molecule has 0 unspecified atom stereocenters. The molecule has 0 bridgehead atoms. The number of thiazole rings is 1. The second kappa shape index (κ2) is 9.28. The minimum absolute atomic E-state index is 0.108. The molecule has 2 aromatic carbocycles. The minimum atomic E-state index is -0.373. The molecule has 1 heterocycles. The van der Waals surface area contributed by atoms with Crippen molar-refractivity contribution in [3.8, 4) is 10.4 Å². The third-order valence-electron chi connectivity index (χ3n) is 4.32. The molecule has 0 radical (unpaired) electrons. The van der Waals surface area contributed by atoms with Crippen LogP contribution >= 0.6 is 11.3 Å². The van der Waals surface area contributed by atoms with Crippen LogP contribution in [0.25, 0.3) is 10.4 Å². The molecule has 0 aliphatic rings. The van der Waals surface area contributed by atoms with Crippen molar-refractivity contribution in [2.45, 2.75) is 39.2 Å². The summed E-state index contributed by atoms with van der Waals surface area (Å²) in [5.41, 5.74) is 2.01. The van der Waals surface area contributed by atoms with Crippen LogP contribution in [0.4, 0.5) is 11.4 Å². The molecule has 27 heavy (non-hydrogen) atoms. The van der Waals surface area contributed by atoms with Crippen LogP contribution in [0, 0.1) is 10.1 Å². The zero-order valence-electron chi connectivity index (χ0n) is 15.4. The number of nitro groups is 1. The fourth-order valence-corrected chi connectivity index (χ4v) is 3.87. The Kier molecular flexibility index (Phi) is 6.54. The van der Waals surface area contributed by atoms with E-state index in [0.717, 1.165) is 33.9 Å².